The van der Waals surface area contributed by atoms with Crippen molar-refractivity contribution in [3.63, 3.8) is 0 Å². The maximum absolute atomic E-state index is 13.2. The quantitative estimate of drug-likeness (QED) is 0.634. The molecule has 0 atom stereocenters. The number of benzene rings is 1. The van der Waals surface area contributed by atoms with Crippen LogP contribution >= 0.6 is 11.6 Å². The van der Waals surface area contributed by atoms with Crippen LogP contribution < -0.4 is 5.32 Å². The first-order chi connectivity index (χ1) is 7.63. The van der Waals surface area contributed by atoms with Crippen molar-refractivity contribution in [2.45, 2.75) is 6.92 Å². The van der Waals surface area contributed by atoms with Gasteiger partial charge in [-0.25, -0.2) is 4.39 Å². The van der Waals surface area contributed by atoms with E-state index in [4.69, 9.17) is 11.6 Å². The van der Waals surface area contributed by atoms with Gasteiger partial charge in [0, 0.05) is 11.1 Å². The Morgan fingerprint density at radius 3 is 2.88 bits per heavy atom. The van der Waals surface area contributed by atoms with Crippen molar-refractivity contribution >= 4 is 23.2 Å². The Labute approximate surface area is 98.4 Å². The molecule has 0 heterocycles. The number of carbonyl (C=O) groups excluding carboxylic acids is 1. The molecule has 1 rings (SSSR count). The molecular weight excluding hydrogens is 229 g/mol. The van der Waals surface area contributed by atoms with Gasteiger partial charge in [-0.05, 0) is 25.1 Å². The highest BCUT2D eigenvalue weighted by atomic mass is 35.5. The average molecular weight is 240 g/mol. The zero-order valence-electron chi connectivity index (χ0n) is 8.71. The highest BCUT2D eigenvalue weighted by molar-refractivity contribution is 6.30. The maximum Gasteiger partial charge on any atom is 0.248 e. The molecule has 0 aliphatic heterocycles. The maximum atomic E-state index is 13.2. The number of hydrogen-bond donors (Lipinski definition) is 1. The molecule has 0 unspecified atom stereocenters. The summed E-state index contributed by atoms with van der Waals surface area (Å²) in [5, 5.41) is 2.76. The normalized spacial score (nSPS) is 11.2. The van der Waals surface area contributed by atoms with Gasteiger partial charge in [0.25, 0.3) is 0 Å². The summed E-state index contributed by atoms with van der Waals surface area (Å²) in [6.07, 6.45) is 6.36. The molecule has 0 aliphatic rings. The van der Waals surface area contributed by atoms with Crippen LogP contribution in [0.1, 0.15) is 6.92 Å². The Hall–Kier alpha value is -1.61. The highest BCUT2D eigenvalue weighted by Crippen LogP contribution is 2.19. The molecule has 2 nitrogen and oxygen atoms in total. The van der Waals surface area contributed by atoms with Gasteiger partial charge < -0.3 is 5.32 Å². The van der Waals surface area contributed by atoms with Crippen molar-refractivity contribution in [2.24, 2.45) is 0 Å². The Morgan fingerprint density at radius 1 is 1.44 bits per heavy atom. The highest BCUT2D eigenvalue weighted by Gasteiger charge is 2.04. The number of amides is 1. The standard InChI is InChI=1S/C12H11ClFNO/c1-2-3-4-5-12(16)15-11-8-9(13)6-7-10(11)14/h2-8H,1H3,(H,15,16)/b3-2+,5-4+. The van der Waals surface area contributed by atoms with E-state index in [0.29, 0.717) is 5.02 Å². The van der Waals surface area contributed by atoms with Crippen LogP contribution in [0.25, 0.3) is 0 Å². The average Bonchev–Trinajstić information content (AvgIpc) is 2.24. The van der Waals surface area contributed by atoms with Crippen LogP contribution in [0.2, 0.25) is 5.02 Å². The molecule has 1 aromatic rings. The van der Waals surface area contributed by atoms with Crippen molar-refractivity contribution < 1.29 is 9.18 Å². The lowest BCUT2D eigenvalue weighted by molar-refractivity contribution is -0.111. The molecular formula is C12H11ClFNO. The third-order valence-corrected chi connectivity index (χ3v) is 1.97. The molecule has 0 saturated heterocycles. The predicted molar refractivity (Wildman–Crippen MR) is 64.0 cm³/mol. The summed E-state index contributed by atoms with van der Waals surface area (Å²) in [6.45, 7) is 1.83. The van der Waals surface area contributed by atoms with E-state index in [9.17, 15) is 9.18 Å². The summed E-state index contributed by atoms with van der Waals surface area (Å²) >= 11 is 5.68. The van der Waals surface area contributed by atoms with Crippen LogP contribution in [0, 0.1) is 5.82 Å². The fraction of sp³-hybridized carbons (Fsp3) is 0.0833. The molecule has 1 amide bonds. The van der Waals surface area contributed by atoms with E-state index in [1.54, 1.807) is 18.2 Å². The molecule has 0 aromatic heterocycles. The predicted octanol–water partition coefficient (Wildman–Crippen LogP) is 3.55. The van der Waals surface area contributed by atoms with Crippen molar-refractivity contribution in [2.75, 3.05) is 5.32 Å². The van der Waals surface area contributed by atoms with Crippen molar-refractivity contribution in [1.29, 1.82) is 0 Å². The molecule has 0 aliphatic carbocycles. The Balaban J connectivity index is 2.73. The Kier molecular flexibility index (Phi) is 4.73. The first-order valence-corrected chi connectivity index (χ1v) is 5.06. The van der Waals surface area contributed by atoms with E-state index < -0.39 is 11.7 Å². The van der Waals surface area contributed by atoms with Gasteiger partial charge in [-0.1, -0.05) is 29.8 Å². The minimum atomic E-state index is -0.516. The van der Waals surface area contributed by atoms with Crippen LogP contribution in [0.15, 0.2) is 42.5 Å². The third kappa shape index (κ3) is 3.87. The molecule has 0 radical (unpaired) electrons. The molecule has 0 fully saturated rings. The number of rotatable bonds is 3. The van der Waals surface area contributed by atoms with Gasteiger partial charge in [-0.2, -0.15) is 0 Å². The number of nitrogens with one attached hydrogen (secondary N) is 1. The Bertz CT molecular complexity index is 441. The van der Waals surface area contributed by atoms with Gasteiger partial charge in [0.15, 0.2) is 0 Å². The first-order valence-electron chi connectivity index (χ1n) is 4.69. The SMILES string of the molecule is C/C=C/C=C/C(=O)Nc1cc(Cl)ccc1F. The summed E-state index contributed by atoms with van der Waals surface area (Å²) in [5.74, 6) is -0.920. The molecule has 84 valence electrons. The third-order valence-electron chi connectivity index (χ3n) is 1.74. The number of anilines is 1. The smallest absolute Gasteiger partial charge is 0.248 e. The molecule has 1 aromatic carbocycles. The molecule has 0 bridgehead atoms. The second kappa shape index (κ2) is 6.08. The minimum absolute atomic E-state index is 0.0719. The number of carbonyl (C=O) groups is 1. The van der Waals surface area contributed by atoms with Crippen molar-refractivity contribution in [1.82, 2.24) is 0 Å². The van der Waals surface area contributed by atoms with E-state index >= 15 is 0 Å². The fourth-order valence-corrected chi connectivity index (χ4v) is 1.19. The zero-order chi connectivity index (χ0) is 12.0. The van der Waals surface area contributed by atoms with Gasteiger partial charge in [0.2, 0.25) is 5.91 Å². The second-order valence-corrected chi connectivity index (χ2v) is 3.43. The Morgan fingerprint density at radius 2 is 2.19 bits per heavy atom. The van der Waals surface area contributed by atoms with Crippen LogP contribution in [-0.4, -0.2) is 5.91 Å². The van der Waals surface area contributed by atoms with Gasteiger partial charge in [0.1, 0.15) is 5.82 Å². The molecule has 16 heavy (non-hydrogen) atoms. The zero-order valence-corrected chi connectivity index (χ0v) is 9.46. The van der Waals surface area contributed by atoms with Crippen LogP contribution in [0.4, 0.5) is 10.1 Å². The van der Waals surface area contributed by atoms with Gasteiger partial charge >= 0.3 is 0 Å². The van der Waals surface area contributed by atoms with Crippen LogP contribution in [0.5, 0.6) is 0 Å². The van der Waals surface area contributed by atoms with E-state index in [0.717, 1.165) is 0 Å². The minimum Gasteiger partial charge on any atom is -0.320 e. The number of halogens is 2. The van der Waals surface area contributed by atoms with Gasteiger partial charge in [0.05, 0.1) is 5.69 Å². The second-order valence-electron chi connectivity index (χ2n) is 3.00. The molecule has 4 heteroatoms. The van der Waals surface area contributed by atoms with Crippen molar-refractivity contribution in [3.05, 3.63) is 53.3 Å². The van der Waals surface area contributed by atoms with Crippen molar-refractivity contribution in [3.8, 4) is 0 Å². The molecule has 0 saturated carbocycles. The summed E-state index contributed by atoms with van der Waals surface area (Å²) in [6, 6.07) is 3.98. The van der Waals surface area contributed by atoms with Gasteiger partial charge in [-0.3, -0.25) is 4.79 Å². The summed E-state index contributed by atoms with van der Waals surface area (Å²) < 4.78 is 13.2. The molecule has 1 N–H and O–H groups in total. The van der Waals surface area contributed by atoms with E-state index in [1.807, 2.05) is 6.92 Å². The van der Waals surface area contributed by atoms with E-state index in [2.05, 4.69) is 5.32 Å². The number of allylic oxidation sites excluding steroid dienone is 3. The van der Waals surface area contributed by atoms with Crippen LogP contribution in [-0.2, 0) is 4.79 Å². The topological polar surface area (TPSA) is 29.1 Å². The lowest BCUT2D eigenvalue weighted by Crippen LogP contribution is -2.09. The lowest BCUT2D eigenvalue weighted by Gasteiger charge is -2.03. The summed E-state index contributed by atoms with van der Waals surface area (Å²) in [7, 11) is 0. The summed E-state index contributed by atoms with van der Waals surface area (Å²) in [4.78, 5) is 11.3. The largest absolute Gasteiger partial charge is 0.320 e. The lowest BCUT2D eigenvalue weighted by atomic mass is 10.3. The van der Waals surface area contributed by atoms with Crippen LogP contribution in [0.3, 0.4) is 0 Å². The summed E-state index contributed by atoms with van der Waals surface area (Å²) in [5.41, 5.74) is 0.0719. The number of hydrogen-bond acceptors (Lipinski definition) is 1. The van der Waals surface area contributed by atoms with E-state index in [1.165, 1.54) is 24.3 Å². The van der Waals surface area contributed by atoms with Gasteiger partial charge in [-0.15, -0.1) is 0 Å². The van der Waals surface area contributed by atoms with E-state index in [-0.39, 0.29) is 5.69 Å². The molecule has 0 spiro atoms. The monoisotopic (exact) mass is 239 g/mol. The fourth-order valence-electron chi connectivity index (χ4n) is 1.02. The first kappa shape index (κ1) is 12.5.